The number of nitrogens with one attached hydrogen (secondary N) is 1. The molecular formula is C27H35ClN2O3. The summed E-state index contributed by atoms with van der Waals surface area (Å²) in [5.74, 6) is 0.304. The van der Waals surface area contributed by atoms with Crippen molar-refractivity contribution in [2.75, 3.05) is 6.61 Å². The van der Waals surface area contributed by atoms with Crippen molar-refractivity contribution >= 4 is 23.4 Å². The first-order valence-electron chi connectivity index (χ1n) is 11.9. The molecule has 1 aliphatic carbocycles. The molecule has 1 aliphatic rings. The number of hydrogen-bond acceptors (Lipinski definition) is 3. The van der Waals surface area contributed by atoms with Crippen LogP contribution in [0.25, 0.3) is 0 Å². The van der Waals surface area contributed by atoms with E-state index in [0.29, 0.717) is 17.2 Å². The number of halogens is 1. The zero-order valence-electron chi connectivity index (χ0n) is 19.9. The molecule has 1 atom stereocenters. The Hall–Kier alpha value is -2.53. The number of amides is 2. The summed E-state index contributed by atoms with van der Waals surface area (Å²) in [5, 5.41) is 3.76. The quantitative estimate of drug-likeness (QED) is 0.519. The van der Waals surface area contributed by atoms with Crippen LogP contribution in [0.15, 0.2) is 42.5 Å². The maximum absolute atomic E-state index is 13.4. The summed E-state index contributed by atoms with van der Waals surface area (Å²) in [5.41, 5.74) is 3.08. The van der Waals surface area contributed by atoms with Crippen molar-refractivity contribution in [2.24, 2.45) is 0 Å². The standard InChI is InChI=1S/C27H35ClN2O3/c1-4-25(27(32)29-22-11-6-5-7-12-22)30(17-21-10-8-9-13-24(21)28)26(31)18-33-23-15-14-19(2)20(3)16-23/h8-10,13-16,22,25H,4-7,11-12,17-18H2,1-3H3,(H,29,32)/t25-/m1/s1. The van der Waals surface area contributed by atoms with Crippen LogP contribution in [-0.4, -0.2) is 35.4 Å². The van der Waals surface area contributed by atoms with Gasteiger partial charge in [-0.05, 0) is 68.0 Å². The van der Waals surface area contributed by atoms with E-state index >= 15 is 0 Å². The van der Waals surface area contributed by atoms with Crippen molar-refractivity contribution in [1.29, 1.82) is 0 Å². The summed E-state index contributed by atoms with van der Waals surface area (Å²) < 4.78 is 5.82. The Morgan fingerprint density at radius 2 is 1.82 bits per heavy atom. The summed E-state index contributed by atoms with van der Waals surface area (Å²) >= 11 is 6.39. The summed E-state index contributed by atoms with van der Waals surface area (Å²) in [6, 6.07) is 12.8. The third-order valence-corrected chi connectivity index (χ3v) is 6.85. The fraction of sp³-hybridized carbons (Fsp3) is 0.481. The topological polar surface area (TPSA) is 58.6 Å². The molecule has 0 spiro atoms. The fourth-order valence-electron chi connectivity index (χ4n) is 4.31. The number of rotatable bonds is 9. The van der Waals surface area contributed by atoms with Crippen LogP contribution < -0.4 is 10.1 Å². The highest BCUT2D eigenvalue weighted by molar-refractivity contribution is 6.31. The highest BCUT2D eigenvalue weighted by atomic mass is 35.5. The molecule has 0 saturated heterocycles. The maximum Gasteiger partial charge on any atom is 0.261 e. The van der Waals surface area contributed by atoms with Gasteiger partial charge in [0.05, 0.1) is 0 Å². The van der Waals surface area contributed by atoms with Gasteiger partial charge in [-0.1, -0.05) is 62.1 Å². The van der Waals surface area contributed by atoms with Gasteiger partial charge in [-0.3, -0.25) is 9.59 Å². The minimum atomic E-state index is -0.584. The van der Waals surface area contributed by atoms with Crippen LogP contribution in [0.1, 0.15) is 62.1 Å². The molecule has 0 aliphatic heterocycles. The smallest absolute Gasteiger partial charge is 0.261 e. The lowest BCUT2D eigenvalue weighted by Crippen LogP contribution is -2.52. The van der Waals surface area contributed by atoms with Crippen molar-refractivity contribution in [2.45, 2.75) is 77.9 Å². The lowest BCUT2D eigenvalue weighted by Gasteiger charge is -2.33. The summed E-state index contributed by atoms with van der Waals surface area (Å²) in [7, 11) is 0. The Kier molecular flexibility index (Phi) is 9.19. The molecular weight excluding hydrogens is 436 g/mol. The second kappa shape index (κ2) is 12.1. The normalized spacial score (nSPS) is 15.0. The first kappa shape index (κ1) is 25.1. The number of carbonyl (C=O) groups is 2. The second-order valence-corrected chi connectivity index (χ2v) is 9.32. The number of ether oxygens (including phenoxy) is 1. The van der Waals surface area contributed by atoms with E-state index in [9.17, 15) is 9.59 Å². The Morgan fingerprint density at radius 1 is 1.09 bits per heavy atom. The molecule has 2 aromatic carbocycles. The average Bonchev–Trinajstić information content (AvgIpc) is 2.81. The molecule has 1 saturated carbocycles. The van der Waals surface area contributed by atoms with Crippen LogP contribution >= 0.6 is 11.6 Å². The maximum atomic E-state index is 13.4. The van der Waals surface area contributed by atoms with Gasteiger partial charge in [0.2, 0.25) is 5.91 Å². The summed E-state index contributed by atoms with van der Waals surface area (Å²) in [6.45, 7) is 6.09. The van der Waals surface area contributed by atoms with Crippen molar-refractivity contribution in [3.63, 3.8) is 0 Å². The molecule has 2 aromatic rings. The van der Waals surface area contributed by atoms with Gasteiger partial charge in [-0.15, -0.1) is 0 Å². The first-order valence-corrected chi connectivity index (χ1v) is 12.3. The Morgan fingerprint density at radius 3 is 2.48 bits per heavy atom. The predicted molar refractivity (Wildman–Crippen MR) is 133 cm³/mol. The third kappa shape index (κ3) is 6.97. The lowest BCUT2D eigenvalue weighted by atomic mass is 9.95. The van der Waals surface area contributed by atoms with Gasteiger partial charge in [0.25, 0.3) is 5.91 Å². The molecule has 6 heteroatoms. The molecule has 0 heterocycles. The van der Waals surface area contributed by atoms with Crippen LogP contribution in [-0.2, 0) is 16.1 Å². The minimum Gasteiger partial charge on any atom is -0.484 e. The van der Waals surface area contributed by atoms with E-state index in [2.05, 4.69) is 5.32 Å². The van der Waals surface area contributed by atoms with Gasteiger partial charge < -0.3 is 15.0 Å². The predicted octanol–water partition coefficient (Wildman–Crippen LogP) is 5.59. The zero-order valence-corrected chi connectivity index (χ0v) is 20.7. The molecule has 2 amide bonds. The molecule has 0 radical (unpaired) electrons. The molecule has 1 fully saturated rings. The van der Waals surface area contributed by atoms with Gasteiger partial charge in [0, 0.05) is 17.6 Å². The molecule has 178 valence electrons. The van der Waals surface area contributed by atoms with Crippen LogP contribution in [0.5, 0.6) is 5.75 Å². The van der Waals surface area contributed by atoms with Crippen molar-refractivity contribution in [3.8, 4) is 5.75 Å². The molecule has 0 unspecified atom stereocenters. The SMILES string of the molecule is CC[C@H](C(=O)NC1CCCCC1)N(Cc1ccccc1Cl)C(=O)COc1ccc(C)c(C)c1. The van der Waals surface area contributed by atoms with E-state index in [1.54, 1.807) is 11.0 Å². The number of carbonyl (C=O) groups excluding carboxylic acids is 2. The van der Waals surface area contributed by atoms with Crippen molar-refractivity contribution in [1.82, 2.24) is 10.2 Å². The summed E-state index contributed by atoms with van der Waals surface area (Å²) in [6.07, 6.45) is 5.99. The Balaban J connectivity index is 1.77. The molecule has 5 nitrogen and oxygen atoms in total. The van der Waals surface area contributed by atoms with E-state index in [-0.39, 0.29) is 31.0 Å². The molecule has 0 bridgehead atoms. The Bertz CT molecular complexity index is 956. The van der Waals surface area contributed by atoms with E-state index in [1.807, 2.05) is 57.2 Å². The van der Waals surface area contributed by atoms with Crippen LogP contribution in [0.2, 0.25) is 5.02 Å². The molecule has 1 N–H and O–H groups in total. The number of nitrogens with zero attached hydrogens (tertiary/aromatic N) is 1. The number of aryl methyl sites for hydroxylation is 2. The van der Waals surface area contributed by atoms with Crippen molar-refractivity contribution in [3.05, 3.63) is 64.2 Å². The van der Waals surface area contributed by atoms with Gasteiger partial charge in [-0.25, -0.2) is 0 Å². The van der Waals surface area contributed by atoms with E-state index in [0.717, 1.165) is 36.8 Å². The largest absolute Gasteiger partial charge is 0.484 e. The first-order chi connectivity index (χ1) is 15.9. The van der Waals surface area contributed by atoms with Crippen LogP contribution in [0.4, 0.5) is 0 Å². The van der Waals surface area contributed by atoms with Crippen LogP contribution in [0.3, 0.4) is 0 Å². The van der Waals surface area contributed by atoms with Crippen molar-refractivity contribution < 1.29 is 14.3 Å². The third-order valence-electron chi connectivity index (χ3n) is 6.48. The van der Waals surface area contributed by atoms with Gasteiger partial charge >= 0.3 is 0 Å². The van der Waals surface area contributed by atoms with Gasteiger partial charge in [-0.2, -0.15) is 0 Å². The van der Waals surface area contributed by atoms with Gasteiger partial charge in [0.1, 0.15) is 11.8 Å². The average molecular weight is 471 g/mol. The monoisotopic (exact) mass is 470 g/mol. The lowest BCUT2D eigenvalue weighted by molar-refractivity contribution is -0.143. The minimum absolute atomic E-state index is 0.101. The zero-order chi connectivity index (χ0) is 23.8. The number of benzene rings is 2. The van der Waals surface area contributed by atoms with Gasteiger partial charge in [0.15, 0.2) is 6.61 Å². The second-order valence-electron chi connectivity index (χ2n) is 8.92. The highest BCUT2D eigenvalue weighted by Gasteiger charge is 2.31. The molecule has 0 aromatic heterocycles. The van der Waals surface area contributed by atoms with E-state index in [1.165, 1.54) is 12.0 Å². The van der Waals surface area contributed by atoms with E-state index in [4.69, 9.17) is 16.3 Å². The van der Waals surface area contributed by atoms with Crippen LogP contribution in [0, 0.1) is 13.8 Å². The highest BCUT2D eigenvalue weighted by Crippen LogP contribution is 2.22. The fourth-order valence-corrected chi connectivity index (χ4v) is 4.50. The number of hydrogen-bond donors (Lipinski definition) is 1. The molecule has 33 heavy (non-hydrogen) atoms. The molecule has 3 rings (SSSR count). The van der Waals surface area contributed by atoms with E-state index < -0.39 is 6.04 Å². The Labute approximate surface area is 202 Å². The summed E-state index contributed by atoms with van der Waals surface area (Å²) in [4.78, 5) is 28.2.